The molecular formula is C12H22N4O2S2. The Bertz CT molecular complexity index is 552. The second-order valence-corrected chi connectivity index (χ2v) is 7.96. The van der Waals surface area contributed by atoms with Crippen LogP contribution in [0.25, 0.3) is 0 Å². The molecule has 0 aliphatic heterocycles. The molecule has 0 atom stereocenters. The van der Waals surface area contributed by atoms with Crippen LogP contribution in [0.4, 0.5) is 0 Å². The molecule has 0 radical (unpaired) electrons. The second-order valence-electron chi connectivity index (χ2n) is 4.42. The SMILES string of the molecule is CCS(=O)(=O)CCNC(=NC)N(C)Cc1csc(C)n1. The molecule has 0 aromatic carbocycles. The van der Waals surface area contributed by atoms with E-state index >= 15 is 0 Å². The van der Waals surface area contributed by atoms with Gasteiger partial charge in [-0.2, -0.15) is 0 Å². The number of aryl methyl sites for hydroxylation is 1. The van der Waals surface area contributed by atoms with E-state index in [2.05, 4.69) is 15.3 Å². The van der Waals surface area contributed by atoms with Crippen LogP contribution >= 0.6 is 11.3 Å². The lowest BCUT2D eigenvalue weighted by Crippen LogP contribution is -2.40. The maximum Gasteiger partial charge on any atom is 0.193 e. The summed E-state index contributed by atoms with van der Waals surface area (Å²) < 4.78 is 22.9. The Hall–Kier alpha value is -1.15. The summed E-state index contributed by atoms with van der Waals surface area (Å²) in [6, 6.07) is 0. The maximum absolute atomic E-state index is 11.4. The third-order valence-corrected chi connectivity index (χ3v) is 5.30. The summed E-state index contributed by atoms with van der Waals surface area (Å²) in [5.74, 6) is 0.954. The topological polar surface area (TPSA) is 74.7 Å². The largest absolute Gasteiger partial charge is 0.355 e. The summed E-state index contributed by atoms with van der Waals surface area (Å²) in [7, 11) is 0.630. The minimum Gasteiger partial charge on any atom is -0.355 e. The van der Waals surface area contributed by atoms with Crippen molar-refractivity contribution >= 4 is 27.1 Å². The Morgan fingerprint density at radius 3 is 2.75 bits per heavy atom. The quantitative estimate of drug-likeness (QED) is 0.623. The average molecular weight is 318 g/mol. The molecule has 0 saturated carbocycles. The van der Waals surface area contributed by atoms with Gasteiger partial charge in [0.2, 0.25) is 0 Å². The van der Waals surface area contributed by atoms with Crippen LogP contribution < -0.4 is 5.32 Å². The van der Waals surface area contributed by atoms with Gasteiger partial charge < -0.3 is 10.2 Å². The third kappa shape index (κ3) is 5.46. The highest BCUT2D eigenvalue weighted by Crippen LogP contribution is 2.09. The van der Waals surface area contributed by atoms with E-state index in [1.165, 1.54) is 0 Å². The Balaban J connectivity index is 2.50. The van der Waals surface area contributed by atoms with Crippen LogP contribution in [0.15, 0.2) is 10.4 Å². The van der Waals surface area contributed by atoms with E-state index in [0.717, 1.165) is 10.7 Å². The molecule has 0 bridgehead atoms. The van der Waals surface area contributed by atoms with Crippen LogP contribution in [0.1, 0.15) is 17.6 Å². The van der Waals surface area contributed by atoms with Crippen LogP contribution in [0.2, 0.25) is 0 Å². The van der Waals surface area contributed by atoms with Gasteiger partial charge in [-0.1, -0.05) is 6.92 Å². The van der Waals surface area contributed by atoms with Crippen molar-refractivity contribution in [1.29, 1.82) is 0 Å². The number of hydrogen-bond acceptors (Lipinski definition) is 5. The van der Waals surface area contributed by atoms with Crippen molar-refractivity contribution in [2.75, 3.05) is 32.1 Å². The summed E-state index contributed by atoms with van der Waals surface area (Å²) in [6.07, 6.45) is 0. The van der Waals surface area contributed by atoms with Gasteiger partial charge in [0.1, 0.15) is 0 Å². The summed E-state index contributed by atoms with van der Waals surface area (Å²) in [4.78, 5) is 10.5. The van der Waals surface area contributed by atoms with Crippen LogP contribution in [-0.2, 0) is 16.4 Å². The number of guanidine groups is 1. The smallest absolute Gasteiger partial charge is 0.193 e. The van der Waals surface area contributed by atoms with Crippen LogP contribution in [0, 0.1) is 6.92 Å². The minimum absolute atomic E-state index is 0.117. The number of hydrogen-bond donors (Lipinski definition) is 1. The molecule has 114 valence electrons. The normalized spacial score (nSPS) is 12.5. The van der Waals surface area contributed by atoms with Crippen LogP contribution in [0.5, 0.6) is 0 Å². The van der Waals surface area contributed by atoms with E-state index in [1.807, 2.05) is 24.3 Å². The van der Waals surface area contributed by atoms with E-state index in [1.54, 1.807) is 25.3 Å². The van der Waals surface area contributed by atoms with Gasteiger partial charge in [-0.3, -0.25) is 4.99 Å². The zero-order valence-corrected chi connectivity index (χ0v) is 14.0. The molecule has 20 heavy (non-hydrogen) atoms. The molecule has 8 heteroatoms. The zero-order chi connectivity index (χ0) is 15.2. The van der Waals surface area contributed by atoms with E-state index in [4.69, 9.17) is 0 Å². The molecule has 0 unspecified atom stereocenters. The summed E-state index contributed by atoms with van der Waals surface area (Å²) in [5, 5.41) is 6.11. The number of nitrogens with zero attached hydrogens (tertiary/aromatic N) is 3. The number of thiazole rings is 1. The highest BCUT2D eigenvalue weighted by molar-refractivity contribution is 7.91. The van der Waals surface area contributed by atoms with Gasteiger partial charge in [-0.25, -0.2) is 13.4 Å². The molecule has 1 N–H and O–H groups in total. The fourth-order valence-electron chi connectivity index (χ4n) is 1.65. The maximum atomic E-state index is 11.4. The Kier molecular flexibility index (Phi) is 6.41. The Morgan fingerprint density at radius 2 is 2.25 bits per heavy atom. The van der Waals surface area contributed by atoms with Crippen molar-refractivity contribution in [2.45, 2.75) is 20.4 Å². The lowest BCUT2D eigenvalue weighted by atomic mass is 10.4. The number of aromatic nitrogens is 1. The summed E-state index contributed by atoms with van der Waals surface area (Å²) >= 11 is 1.61. The molecule has 0 saturated heterocycles. The Morgan fingerprint density at radius 1 is 1.55 bits per heavy atom. The van der Waals surface area contributed by atoms with E-state index in [-0.39, 0.29) is 11.5 Å². The highest BCUT2D eigenvalue weighted by atomic mass is 32.2. The molecule has 0 amide bonds. The lowest BCUT2D eigenvalue weighted by molar-refractivity contribution is 0.472. The van der Waals surface area contributed by atoms with E-state index in [0.29, 0.717) is 19.0 Å². The first-order chi connectivity index (χ1) is 9.38. The van der Waals surface area contributed by atoms with Gasteiger partial charge >= 0.3 is 0 Å². The fourth-order valence-corrected chi connectivity index (χ4v) is 2.95. The number of aliphatic imine (C=N–C) groups is 1. The Labute approximate surface area is 124 Å². The second kappa shape index (κ2) is 7.58. The number of nitrogens with one attached hydrogen (secondary N) is 1. The lowest BCUT2D eigenvalue weighted by Gasteiger charge is -2.21. The van der Waals surface area contributed by atoms with E-state index < -0.39 is 9.84 Å². The molecule has 1 aromatic rings. The first-order valence-electron chi connectivity index (χ1n) is 6.41. The zero-order valence-electron chi connectivity index (χ0n) is 12.4. The van der Waals surface area contributed by atoms with Crippen molar-refractivity contribution < 1.29 is 8.42 Å². The average Bonchev–Trinajstić information content (AvgIpc) is 2.80. The van der Waals surface area contributed by atoms with Crippen molar-refractivity contribution in [3.63, 3.8) is 0 Å². The van der Waals surface area contributed by atoms with E-state index in [9.17, 15) is 8.42 Å². The van der Waals surface area contributed by atoms with Crippen molar-refractivity contribution in [2.24, 2.45) is 4.99 Å². The van der Waals surface area contributed by atoms with Gasteiger partial charge in [0.25, 0.3) is 0 Å². The molecule has 1 aromatic heterocycles. The summed E-state index contributed by atoms with van der Waals surface area (Å²) in [5.41, 5.74) is 0.985. The van der Waals surface area contributed by atoms with Gasteiger partial charge in [-0.05, 0) is 6.92 Å². The molecule has 1 rings (SSSR count). The number of rotatable bonds is 6. The monoisotopic (exact) mass is 318 g/mol. The summed E-state index contributed by atoms with van der Waals surface area (Å²) in [6.45, 7) is 4.63. The number of sulfone groups is 1. The molecule has 0 aliphatic rings. The molecule has 1 heterocycles. The molecule has 0 spiro atoms. The standard InChI is InChI=1S/C12H22N4O2S2/c1-5-20(17,18)7-6-14-12(13-3)16(4)8-11-9-19-10(2)15-11/h9H,5-8H2,1-4H3,(H,13,14). The third-order valence-electron chi connectivity index (χ3n) is 2.78. The molecule has 6 nitrogen and oxygen atoms in total. The molecular weight excluding hydrogens is 296 g/mol. The van der Waals surface area contributed by atoms with Crippen LogP contribution in [0.3, 0.4) is 0 Å². The molecule has 0 aliphatic carbocycles. The first kappa shape index (κ1) is 16.9. The van der Waals surface area contributed by atoms with Gasteiger partial charge in [0.05, 0.1) is 23.0 Å². The van der Waals surface area contributed by atoms with Gasteiger partial charge in [-0.15, -0.1) is 11.3 Å². The van der Waals surface area contributed by atoms with Crippen molar-refractivity contribution in [1.82, 2.24) is 15.2 Å². The predicted molar refractivity (Wildman–Crippen MR) is 84.0 cm³/mol. The van der Waals surface area contributed by atoms with Gasteiger partial charge in [0, 0.05) is 31.8 Å². The minimum atomic E-state index is -2.95. The predicted octanol–water partition coefficient (Wildman–Crippen LogP) is 0.893. The van der Waals surface area contributed by atoms with Crippen molar-refractivity contribution in [3.8, 4) is 0 Å². The van der Waals surface area contributed by atoms with Crippen LogP contribution in [-0.4, -0.2) is 56.4 Å². The highest BCUT2D eigenvalue weighted by Gasteiger charge is 2.11. The van der Waals surface area contributed by atoms with Crippen molar-refractivity contribution in [3.05, 3.63) is 16.1 Å². The fraction of sp³-hybridized carbons (Fsp3) is 0.667. The molecule has 0 fully saturated rings. The first-order valence-corrected chi connectivity index (χ1v) is 9.11. The van der Waals surface area contributed by atoms with Gasteiger partial charge in [0.15, 0.2) is 15.8 Å².